The van der Waals surface area contributed by atoms with E-state index in [9.17, 15) is 14.4 Å². The maximum Gasteiger partial charge on any atom is 0.328 e. The second kappa shape index (κ2) is 11.0. The third kappa shape index (κ3) is 8.89. The second-order valence-corrected chi connectivity index (χ2v) is 7.28. The quantitative estimate of drug-likeness (QED) is 0.597. The molecular formula is C18H34N2O4. The fourth-order valence-electron chi connectivity index (χ4n) is 2.04. The molecule has 0 saturated carbocycles. The van der Waals surface area contributed by atoms with E-state index in [0.717, 1.165) is 6.42 Å². The van der Waals surface area contributed by atoms with Crippen molar-refractivity contribution in [3.05, 3.63) is 0 Å². The summed E-state index contributed by atoms with van der Waals surface area (Å²) in [6, 6.07) is -1.40. The Labute approximate surface area is 146 Å². The molecule has 0 radical (unpaired) electrons. The van der Waals surface area contributed by atoms with Gasteiger partial charge >= 0.3 is 5.97 Å². The van der Waals surface area contributed by atoms with Gasteiger partial charge in [0.05, 0.1) is 6.61 Å². The van der Waals surface area contributed by atoms with Crippen LogP contribution in [-0.4, -0.2) is 36.5 Å². The SMILES string of the molecule is CC[C@H](C)[C@H](NC(=O)CC(C)C)C(=O)N[C@@H](C)C(=O)OCC(C)C. The lowest BCUT2D eigenvalue weighted by atomic mass is 9.97. The smallest absolute Gasteiger partial charge is 0.328 e. The van der Waals surface area contributed by atoms with Crippen LogP contribution in [0, 0.1) is 17.8 Å². The van der Waals surface area contributed by atoms with Gasteiger partial charge in [-0.05, 0) is 24.7 Å². The predicted octanol–water partition coefficient (Wildman–Crippen LogP) is 2.27. The Morgan fingerprint density at radius 2 is 1.50 bits per heavy atom. The Balaban J connectivity index is 4.75. The van der Waals surface area contributed by atoms with E-state index in [2.05, 4.69) is 10.6 Å². The Hall–Kier alpha value is -1.59. The highest BCUT2D eigenvalue weighted by Crippen LogP contribution is 2.10. The number of hydrogen-bond acceptors (Lipinski definition) is 4. The summed E-state index contributed by atoms with van der Waals surface area (Å²) in [6.07, 6.45) is 1.11. The number of esters is 1. The number of rotatable bonds is 10. The van der Waals surface area contributed by atoms with E-state index >= 15 is 0 Å². The summed E-state index contributed by atoms with van der Waals surface area (Å²) in [5.41, 5.74) is 0. The number of carbonyl (C=O) groups is 3. The largest absolute Gasteiger partial charge is 0.464 e. The summed E-state index contributed by atoms with van der Waals surface area (Å²) < 4.78 is 5.13. The van der Waals surface area contributed by atoms with E-state index in [0.29, 0.717) is 13.0 Å². The summed E-state index contributed by atoms with van der Waals surface area (Å²) in [6.45, 7) is 13.6. The summed E-state index contributed by atoms with van der Waals surface area (Å²) in [7, 11) is 0. The fraction of sp³-hybridized carbons (Fsp3) is 0.833. The molecule has 24 heavy (non-hydrogen) atoms. The van der Waals surface area contributed by atoms with Crippen LogP contribution < -0.4 is 10.6 Å². The van der Waals surface area contributed by atoms with Crippen LogP contribution in [0.4, 0.5) is 0 Å². The molecule has 0 aromatic heterocycles. The van der Waals surface area contributed by atoms with Crippen LogP contribution in [0.5, 0.6) is 0 Å². The van der Waals surface area contributed by atoms with Gasteiger partial charge < -0.3 is 15.4 Å². The molecular weight excluding hydrogens is 308 g/mol. The number of amides is 2. The number of carbonyl (C=O) groups excluding carboxylic acids is 3. The molecule has 0 fully saturated rings. The maximum absolute atomic E-state index is 12.5. The van der Waals surface area contributed by atoms with Crippen LogP contribution in [0.2, 0.25) is 0 Å². The van der Waals surface area contributed by atoms with Crippen LogP contribution in [0.3, 0.4) is 0 Å². The monoisotopic (exact) mass is 342 g/mol. The zero-order chi connectivity index (χ0) is 18.9. The molecule has 140 valence electrons. The Kier molecular flexibility index (Phi) is 10.3. The fourth-order valence-corrected chi connectivity index (χ4v) is 2.04. The highest BCUT2D eigenvalue weighted by molar-refractivity contribution is 5.90. The van der Waals surface area contributed by atoms with Crippen LogP contribution in [0.1, 0.15) is 61.3 Å². The molecule has 0 aliphatic heterocycles. The number of ether oxygens (including phenoxy) is 1. The molecule has 0 heterocycles. The molecule has 6 nitrogen and oxygen atoms in total. The van der Waals surface area contributed by atoms with Gasteiger partial charge in [-0.1, -0.05) is 48.0 Å². The average Bonchev–Trinajstić information content (AvgIpc) is 2.48. The van der Waals surface area contributed by atoms with Crippen molar-refractivity contribution >= 4 is 17.8 Å². The standard InChI is InChI=1S/C18H34N2O4/c1-8-13(6)16(20-15(21)9-11(2)3)17(22)19-14(7)18(23)24-10-12(4)5/h11-14,16H,8-10H2,1-7H3,(H,19,22)(H,20,21)/t13-,14-,16-/m0/s1. The molecule has 6 heteroatoms. The molecule has 0 saturated heterocycles. The number of hydrogen-bond donors (Lipinski definition) is 2. The van der Waals surface area contributed by atoms with E-state index in [-0.39, 0.29) is 29.6 Å². The average molecular weight is 342 g/mol. The molecule has 3 atom stereocenters. The third-order valence-corrected chi connectivity index (χ3v) is 3.68. The first-order chi connectivity index (χ1) is 11.1. The van der Waals surface area contributed by atoms with Crippen molar-refractivity contribution in [3.8, 4) is 0 Å². The topological polar surface area (TPSA) is 84.5 Å². The Morgan fingerprint density at radius 3 is 1.96 bits per heavy atom. The van der Waals surface area contributed by atoms with E-state index in [1.54, 1.807) is 6.92 Å². The lowest BCUT2D eigenvalue weighted by molar-refractivity contribution is -0.148. The van der Waals surface area contributed by atoms with Crippen LogP contribution >= 0.6 is 0 Å². The molecule has 2 amide bonds. The van der Waals surface area contributed by atoms with E-state index in [1.807, 2.05) is 41.5 Å². The van der Waals surface area contributed by atoms with Crippen LogP contribution in [-0.2, 0) is 19.1 Å². The van der Waals surface area contributed by atoms with Gasteiger partial charge in [0, 0.05) is 6.42 Å². The zero-order valence-electron chi connectivity index (χ0n) is 16.1. The maximum atomic E-state index is 12.5. The van der Waals surface area contributed by atoms with Crippen LogP contribution in [0.25, 0.3) is 0 Å². The van der Waals surface area contributed by atoms with Crippen molar-refractivity contribution < 1.29 is 19.1 Å². The van der Waals surface area contributed by atoms with Gasteiger partial charge in [-0.15, -0.1) is 0 Å². The zero-order valence-corrected chi connectivity index (χ0v) is 16.1. The minimum absolute atomic E-state index is 0.0278. The van der Waals surface area contributed by atoms with Gasteiger partial charge in [0.15, 0.2) is 0 Å². The Bertz CT molecular complexity index is 421. The third-order valence-electron chi connectivity index (χ3n) is 3.68. The molecule has 0 rings (SSSR count). The van der Waals surface area contributed by atoms with Crippen LogP contribution in [0.15, 0.2) is 0 Å². The predicted molar refractivity (Wildman–Crippen MR) is 94.2 cm³/mol. The van der Waals surface area contributed by atoms with E-state index in [1.165, 1.54) is 0 Å². The minimum atomic E-state index is -0.746. The molecule has 0 aromatic rings. The first kappa shape index (κ1) is 22.4. The normalized spacial score (nSPS) is 14.9. The minimum Gasteiger partial charge on any atom is -0.464 e. The van der Waals surface area contributed by atoms with Crippen molar-refractivity contribution in [3.63, 3.8) is 0 Å². The summed E-state index contributed by atoms with van der Waals surface area (Å²) in [5, 5.41) is 5.44. The number of nitrogens with one attached hydrogen (secondary N) is 2. The van der Waals surface area contributed by atoms with Gasteiger partial charge in [0.25, 0.3) is 0 Å². The van der Waals surface area contributed by atoms with E-state index in [4.69, 9.17) is 4.74 Å². The molecule has 0 bridgehead atoms. The molecule has 0 spiro atoms. The summed E-state index contributed by atoms with van der Waals surface area (Å²) in [5.74, 6) is -0.542. The van der Waals surface area contributed by atoms with Gasteiger partial charge in [0.2, 0.25) is 11.8 Å². The van der Waals surface area contributed by atoms with E-state index < -0.39 is 18.1 Å². The van der Waals surface area contributed by atoms with Gasteiger partial charge in [-0.2, -0.15) is 0 Å². The van der Waals surface area contributed by atoms with Crippen molar-refractivity contribution in [2.75, 3.05) is 6.61 Å². The molecule has 0 unspecified atom stereocenters. The molecule has 0 aliphatic carbocycles. The van der Waals surface area contributed by atoms with Crippen molar-refractivity contribution in [2.24, 2.45) is 17.8 Å². The first-order valence-corrected chi connectivity index (χ1v) is 8.84. The lowest BCUT2D eigenvalue weighted by Gasteiger charge is -2.25. The lowest BCUT2D eigenvalue weighted by Crippen LogP contribution is -2.53. The van der Waals surface area contributed by atoms with Crippen molar-refractivity contribution in [1.82, 2.24) is 10.6 Å². The summed E-state index contributed by atoms with van der Waals surface area (Å²) >= 11 is 0. The Morgan fingerprint density at radius 1 is 0.917 bits per heavy atom. The highest BCUT2D eigenvalue weighted by atomic mass is 16.5. The molecule has 2 N–H and O–H groups in total. The summed E-state index contributed by atoms with van der Waals surface area (Å²) in [4.78, 5) is 36.4. The first-order valence-electron chi connectivity index (χ1n) is 8.84. The molecule has 0 aromatic carbocycles. The van der Waals surface area contributed by atoms with Crippen molar-refractivity contribution in [2.45, 2.75) is 73.4 Å². The second-order valence-electron chi connectivity index (χ2n) is 7.28. The van der Waals surface area contributed by atoms with Gasteiger partial charge in [0.1, 0.15) is 12.1 Å². The van der Waals surface area contributed by atoms with Gasteiger partial charge in [-0.25, -0.2) is 4.79 Å². The molecule has 0 aliphatic rings. The van der Waals surface area contributed by atoms with Crippen molar-refractivity contribution in [1.29, 1.82) is 0 Å². The highest BCUT2D eigenvalue weighted by Gasteiger charge is 2.28. The van der Waals surface area contributed by atoms with Gasteiger partial charge in [-0.3, -0.25) is 9.59 Å².